The predicted molar refractivity (Wildman–Crippen MR) is 120 cm³/mol. The maximum Gasteiger partial charge on any atom is 0.255 e. The van der Waals surface area contributed by atoms with Crippen molar-refractivity contribution in [1.82, 2.24) is 24.6 Å². The van der Waals surface area contributed by atoms with Crippen LogP contribution in [0.4, 0.5) is 4.39 Å². The third kappa shape index (κ3) is 4.88. The van der Waals surface area contributed by atoms with Gasteiger partial charge in [0.25, 0.3) is 5.56 Å². The highest BCUT2D eigenvalue weighted by atomic mass is 19.1. The first-order valence-electron chi connectivity index (χ1n) is 10.4. The van der Waals surface area contributed by atoms with Crippen LogP contribution in [0.15, 0.2) is 59.7 Å². The Balaban J connectivity index is 1.51. The Kier molecular flexibility index (Phi) is 6.23. The van der Waals surface area contributed by atoms with Crippen LogP contribution < -0.4 is 10.9 Å². The van der Waals surface area contributed by atoms with Crippen LogP contribution in [0.5, 0.6) is 0 Å². The molecule has 0 aliphatic heterocycles. The number of benzene rings is 1. The molecule has 0 aliphatic carbocycles. The van der Waals surface area contributed by atoms with Crippen molar-refractivity contribution in [1.29, 1.82) is 0 Å². The summed E-state index contributed by atoms with van der Waals surface area (Å²) in [6.45, 7) is 6.47. The zero-order chi connectivity index (χ0) is 21.8. The van der Waals surface area contributed by atoms with Crippen molar-refractivity contribution in [3.05, 3.63) is 93.5 Å². The molecular formula is C24H26FN5O. The normalized spacial score (nSPS) is 11.3. The van der Waals surface area contributed by atoms with Crippen molar-refractivity contribution in [2.75, 3.05) is 6.54 Å². The van der Waals surface area contributed by atoms with Gasteiger partial charge in [-0.2, -0.15) is 5.10 Å². The van der Waals surface area contributed by atoms with Crippen molar-refractivity contribution >= 4 is 10.9 Å². The lowest BCUT2D eigenvalue weighted by Crippen LogP contribution is -2.28. The Labute approximate surface area is 180 Å². The molecule has 0 radical (unpaired) electrons. The van der Waals surface area contributed by atoms with E-state index in [1.807, 2.05) is 29.8 Å². The van der Waals surface area contributed by atoms with Crippen LogP contribution in [0.25, 0.3) is 10.9 Å². The molecule has 0 aliphatic rings. The van der Waals surface area contributed by atoms with E-state index in [2.05, 4.69) is 28.4 Å². The van der Waals surface area contributed by atoms with Gasteiger partial charge in [0, 0.05) is 36.7 Å². The van der Waals surface area contributed by atoms with Crippen molar-refractivity contribution in [3.8, 4) is 0 Å². The molecule has 0 amide bonds. The minimum atomic E-state index is -0.356. The Morgan fingerprint density at radius 2 is 1.87 bits per heavy atom. The zero-order valence-corrected chi connectivity index (χ0v) is 17.8. The smallest absolute Gasteiger partial charge is 0.255 e. The van der Waals surface area contributed by atoms with E-state index in [0.29, 0.717) is 24.2 Å². The topological polar surface area (TPSA) is 64.7 Å². The highest BCUT2D eigenvalue weighted by molar-refractivity contribution is 5.79. The van der Waals surface area contributed by atoms with Crippen LogP contribution in [0, 0.1) is 19.7 Å². The summed E-state index contributed by atoms with van der Waals surface area (Å²) in [5, 5.41) is 8.68. The molecule has 0 atom stereocenters. The summed E-state index contributed by atoms with van der Waals surface area (Å²) in [5.41, 5.74) is 4.26. The number of rotatable bonds is 8. The van der Waals surface area contributed by atoms with Gasteiger partial charge >= 0.3 is 0 Å². The summed E-state index contributed by atoms with van der Waals surface area (Å²) in [6.07, 6.45) is 4.29. The monoisotopic (exact) mass is 419 g/mol. The molecule has 0 fully saturated rings. The number of nitrogens with zero attached hydrogens (tertiary/aromatic N) is 4. The van der Waals surface area contributed by atoms with E-state index in [1.165, 1.54) is 12.1 Å². The number of aromatic nitrogens is 4. The van der Waals surface area contributed by atoms with E-state index in [-0.39, 0.29) is 11.4 Å². The molecule has 31 heavy (non-hydrogen) atoms. The van der Waals surface area contributed by atoms with E-state index in [0.717, 1.165) is 41.8 Å². The molecule has 0 bridgehead atoms. The lowest BCUT2D eigenvalue weighted by molar-refractivity contribution is 0.531. The van der Waals surface area contributed by atoms with Crippen LogP contribution in [-0.2, 0) is 19.6 Å². The summed E-state index contributed by atoms with van der Waals surface area (Å²) in [7, 11) is 0. The van der Waals surface area contributed by atoms with Gasteiger partial charge in [-0.05, 0) is 80.2 Å². The van der Waals surface area contributed by atoms with Crippen LogP contribution in [0.3, 0.4) is 0 Å². The fraction of sp³-hybridized carbons (Fsp3) is 0.292. The maximum atomic E-state index is 13.9. The summed E-state index contributed by atoms with van der Waals surface area (Å²) >= 11 is 0. The fourth-order valence-corrected chi connectivity index (χ4v) is 3.84. The molecule has 4 aromatic rings. The molecular weight excluding hydrogens is 393 g/mol. The van der Waals surface area contributed by atoms with Crippen molar-refractivity contribution in [3.63, 3.8) is 0 Å². The Morgan fingerprint density at radius 1 is 1.06 bits per heavy atom. The molecule has 0 unspecified atom stereocenters. The highest BCUT2D eigenvalue weighted by Gasteiger charge is 2.11. The number of halogens is 1. The summed E-state index contributed by atoms with van der Waals surface area (Å²) in [6, 6.07) is 12.2. The molecule has 1 N–H and O–H groups in total. The quantitative estimate of drug-likeness (QED) is 0.444. The average Bonchev–Trinajstić information content (AvgIpc) is 3.08. The van der Waals surface area contributed by atoms with Gasteiger partial charge in [-0.3, -0.25) is 14.5 Å². The van der Waals surface area contributed by atoms with Gasteiger partial charge in [-0.1, -0.05) is 0 Å². The standard InChI is InChI=1S/C24H26FN5O/c1-17-12-18(2)30(28-17)11-3-8-27-15-21-13-20-4-5-22(25)14-23(20)29(24(21)31)16-19-6-9-26-10-7-19/h4-7,9-10,12-14,27H,3,8,11,15-16H2,1-2H3. The summed E-state index contributed by atoms with van der Waals surface area (Å²) in [5.74, 6) is -0.356. The summed E-state index contributed by atoms with van der Waals surface area (Å²) in [4.78, 5) is 17.2. The lowest BCUT2D eigenvalue weighted by Gasteiger charge is -2.14. The molecule has 6 nitrogen and oxygen atoms in total. The number of aryl methyl sites for hydroxylation is 3. The van der Waals surface area contributed by atoms with Gasteiger partial charge in [-0.25, -0.2) is 4.39 Å². The van der Waals surface area contributed by atoms with Crippen LogP contribution >= 0.6 is 0 Å². The van der Waals surface area contributed by atoms with Gasteiger partial charge < -0.3 is 9.88 Å². The molecule has 160 valence electrons. The van der Waals surface area contributed by atoms with Crippen LogP contribution in [0.2, 0.25) is 0 Å². The fourth-order valence-electron chi connectivity index (χ4n) is 3.84. The molecule has 0 saturated carbocycles. The first kappa shape index (κ1) is 20.9. The largest absolute Gasteiger partial charge is 0.312 e. The predicted octanol–water partition coefficient (Wildman–Crippen LogP) is 3.58. The number of hydrogen-bond acceptors (Lipinski definition) is 4. The highest BCUT2D eigenvalue weighted by Crippen LogP contribution is 2.17. The van der Waals surface area contributed by atoms with Gasteiger partial charge in [0.2, 0.25) is 0 Å². The second kappa shape index (κ2) is 9.22. The lowest BCUT2D eigenvalue weighted by atomic mass is 10.1. The number of hydrogen-bond donors (Lipinski definition) is 1. The molecule has 3 heterocycles. The first-order valence-corrected chi connectivity index (χ1v) is 10.4. The third-order valence-electron chi connectivity index (χ3n) is 5.37. The molecule has 0 spiro atoms. The van der Waals surface area contributed by atoms with Gasteiger partial charge in [-0.15, -0.1) is 0 Å². The third-order valence-corrected chi connectivity index (χ3v) is 5.37. The van der Waals surface area contributed by atoms with E-state index in [4.69, 9.17) is 0 Å². The van der Waals surface area contributed by atoms with Crippen molar-refractivity contribution < 1.29 is 4.39 Å². The van der Waals surface area contributed by atoms with E-state index in [1.54, 1.807) is 23.0 Å². The SMILES string of the molecule is Cc1cc(C)n(CCCNCc2cc3ccc(F)cc3n(Cc3ccncc3)c2=O)n1. The van der Waals surface area contributed by atoms with Gasteiger partial charge in [0.05, 0.1) is 17.8 Å². The van der Waals surface area contributed by atoms with Crippen LogP contribution in [0.1, 0.15) is 28.9 Å². The maximum absolute atomic E-state index is 13.9. The Hall–Kier alpha value is -3.32. The number of pyridine rings is 2. The molecule has 7 heteroatoms. The first-order chi connectivity index (χ1) is 15.0. The van der Waals surface area contributed by atoms with Gasteiger partial charge in [0.1, 0.15) is 5.82 Å². The second-order valence-corrected chi connectivity index (χ2v) is 7.80. The Morgan fingerprint density at radius 3 is 2.61 bits per heavy atom. The van der Waals surface area contributed by atoms with Crippen LogP contribution in [-0.4, -0.2) is 25.9 Å². The summed E-state index contributed by atoms with van der Waals surface area (Å²) < 4.78 is 17.5. The Bertz CT molecular complexity index is 1250. The van der Waals surface area contributed by atoms with E-state index in [9.17, 15) is 9.18 Å². The second-order valence-electron chi connectivity index (χ2n) is 7.80. The number of fused-ring (bicyclic) bond motifs is 1. The molecule has 0 saturated heterocycles. The van der Waals surface area contributed by atoms with Crippen molar-refractivity contribution in [2.24, 2.45) is 0 Å². The minimum Gasteiger partial charge on any atom is -0.312 e. The zero-order valence-electron chi connectivity index (χ0n) is 17.8. The number of nitrogens with one attached hydrogen (secondary N) is 1. The minimum absolute atomic E-state index is 0.110. The van der Waals surface area contributed by atoms with Gasteiger partial charge in [0.15, 0.2) is 0 Å². The van der Waals surface area contributed by atoms with E-state index >= 15 is 0 Å². The molecule has 3 aromatic heterocycles. The van der Waals surface area contributed by atoms with E-state index < -0.39 is 0 Å². The molecule has 4 rings (SSSR count). The molecule has 1 aromatic carbocycles. The van der Waals surface area contributed by atoms with Crippen molar-refractivity contribution in [2.45, 2.75) is 39.9 Å². The average molecular weight is 420 g/mol.